The van der Waals surface area contributed by atoms with Crippen LogP contribution in [0.5, 0.6) is 0 Å². The van der Waals surface area contributed by atoms with Crippen LogP contribution in [0.3, 0.4) is 0 Å². The second-order valence-corrected chi connectivity index (χ2v) is 9.65. The molecular formula is C28H34N6O3. The van der Waals surface area contributed by atoms with Crippen LogP contribution in [0.15, 0.2) is 36.4 Å². The number of nitrogens with one attached hydrogen (secondary N) is 1. The smallest absolute Gasteiger partial charge is 0.306 e. The van der Waals surface area contributed by atoms with Crippen LogP contribution >= 0.6 is 0 Å². The lowest BCUT2D eigenvalue weighted by atomic mass is 10.00. The lowest BCUT2D eigenvalue weighted by Gasteiger charge is -2.11. The molecule has 0 amide bonds. The van der Waals surface area contributed by atoms with Gasteiger partial charge < -0.3 is 15.8 Å². The molecule has 2 heterocycles. The molecule has 9 heteroatoms. The third-order valence-corrected chi connectivity index (χ3v) is 6.18. The zero-order chi connectivity index (χ0) is 26.5. The number of Topliss-reactive ketones (excluding diaryl/α,β-unsaturated/α-hetero) is 1. The van der Waals surface area contributed by atoms with E-state index in [9.17, 15) is 9.59 Å². The lowest BCUT2D eigenvalue weighted by molar-refractivity contribution is -0.147. The Kier molecular flexibility index (Phi) is 8.01. The zero-order valence-electron chi connectivity index (χ0n) is 21.9. The first-order valence-electron chi connectivity index (χ1n) is 12.7. The maximum atomic E-state index is 13.1. The molecule has 0 unspecified atom stereocenters. The van der Waals surface area contributed by atoms with Crippen LogP contribution in [0.1, 0.15) is 66.8 Å². The van der Waals surface area contributed by atoms with E-state index in [1.807, 2.05) is 68.5 Å². The van der Waals surface area contributed by atoms with Gasteiger partial charge in [0.2, 0.25) is 5.65 Å². The molecule has 2 aromatic heterocycles. The summed E-state index contributed by atoms with van der Waals surface area (Å²) < 4.78 is 7.12. The summed E-state index contributed by atoms with van der Waals surface area (Å²) in [5, 5.41) is 11.9. The molecule has 0 saturated heterocycles. The summed E-state index contributed by atoms with van der Waals surface area (Å²) in [5.41, 5.74) is 11.3. The summed E-state index contributed by atoms with van der Waals surface area (Å²) in [6.07, 6.45) is 3.08. The standard InChI is InChI=1S/C28H34N6O3/c1-17(2)37-26(36)8-6-5-7-13-30-27-28-33-32-19(4)34(28)24-12-11-21(15-23(24)31-27)25(35)16-20-10-9-18(3)14-22(20)29/h9-12,14-15,17H,5-8,13,16,29H2,1-4H3,(H,30,31). The van der Waals surface area contributed by atoms with Crippen molar-refractivity contribution in [3.05, 3.63) is 58.9 Å². The topological polar surface area (TPSA) is 124 Å². The van der Waals surface area contributed by atoms with E-state index in [2.05, 4.69) is 15.5 Å². The number of hydrogen-bond donors (Lipinski definition) is 2. The Balaban J connectivity index is 1.48. The molecule has 0 spiro atoms. The van der Waals surface area contributed by atoms with E-state index in [0.29, 0.717) is 41.2 Å². The largest absolute Gasteiger partial charge is 0.463 e. The number of esters is 1. The Bertz CT molecular complexity index is 1440. The van der Waals surface area contributed by atoms with Crippen LogP contribution in [0.2, 0.25) is 0 Å². The van der Waals surface area contributed by atoms with Crippen molar-refractivity contribution in [2.75, 3.05) is 17.6 Å². The molecule has 9 nitrogen and oxygen atoms in total. The molecule has 0 aliphatic carbocycles. The minimum absolute atomic E-state index is 0.0228. The molecule has 4 aromatic rings. The highest BCUT2D eigenvalue weighted by molar-refractivity contribution is 6.01. The maximum absolute atomic E-state index is 13.1. The predicted molar refractivity (Wildman–Crippen MR) is 145 cm³/mol. The fourth-order valence-corrected chi connectivity index (χ4v) is 4.32. The predicted octanol–water partition coefficient (Wildman–Crippen LogP) is 4.83. The minimum Gasteiger partial charge on any atom is -0.463 e. The van der Waals surface area contributed by atoms with Gasteiger partial charge in [0, 0.05) is 30.6 Å². The SMILES string of the molecule is Cc1ccc(CC(=O)c2ccc3c(c2)nc(NCCCCCC(=O)OC(C)C)c2nnc(C)n23)c(N)c1. The highest BCUT2D eigenvalue weighted by atomic mass is 16.5. The van der Waals surface area contributed by atoms with Gasteiger partial charge in [0.05, 0.1) is 17.1 Å². The molecule has 0 aliphatic rings. The van der Waals surface area contributed by atoms with E-state index in [0.717, 1.165) is 41.7 Å². The molecule has 37 heavy (non-hydrogen) atoms. The zero-order valence-corrected chi connectivity index (χ0v) is 21.9. The quantitative estimate of drug-likeness (QED) is 0.129. The number of hydrogen-bond acceptors (Lipinski definition) is 8. The molecule has 2 aromatic carbocycles. The van der Waals surface area contributed by atoms with Gasteiger partial charge in [-0.15, -0.1) is 10.2 Å². The number of nitrogens with two attached hydrogens (primary N) is 1. The molecule has 0 bridgehead atoms. The molecular weight excluding hydrogens is 468 g/mol. The number of fused-ring (bicyclic) bond motifs is 3. The van der Waals surface area contributed by atoms with E-state index in [-0.39, 0.29) is 24.3 Å². The molecule has 0 saturated carbocycles. The van der Waals surface area contributed by atoms with E-state index < -0.39 is 0 Å². The van der Waals surface area contributed by atoms with E-state index in [4.69, 9.17) is 15.5 Å². The second-order valence-electron chi connectivity index (χ2n) is 9.65. The first kappa shape index (κ1) is 26.1. The third kappa shape index (κ3) is 6.22. The van der Waals surface area contributed by atoms with E-state index in [1.165, 1.54) is 0 Å². The van der Waals surface area contributed by atoms with Crippen molar-refractivity contribution in [3.8, 4) is 0 Å². The number of carbonyl (C=O) groups excluding carboxylic acids is 2. The summed E-state index contributed by atoms with van der Waals surface area (Å²) in [5.74, 6) is 1.17. The van der Waals surface area contributed by atoms with Crippen molar-refractivity contribution < 1.29 is 14.3 Å². The van der Waals surface area contributed by atoms with Crippen LogP contribution in [0, 0.1) is 13.8 Å². The van der Waals surface area contributed by atoms with Gasteiger partial charge in [-0.2, -0.15) is 0 Å². The van der Waals surface area contributed by atoms with Crippen LogP contribution in [0.4, 0.5) is 11.5 Å². The number of benzene rings is 2. The fourth-order valence-electron chi connectivity index (χ4n) is 4.32. The third-order valence-electron chi connectivity index (χ3n) is 6.18. The number of ether oxygens (including phenoxy) is 1. The van der Waals surface area contributed by atoms with Crippen molar-refractivity contribution in [3.63, 3.8) is 0 Å². The van der Waals surface area contributed by atoms with Crippen LogP contribution in [0.25, 0.3) is 16.7 Å². The Morgan fingerprint density at radius 2 is 1.86 bits per heavy atom. The Labute approximate surface area is 216 Å². The molecule has 194 valence electrons. The van der Waals surface area contributed by atoms with Gasteiger partial charge in [0.15, 0.2) is 11.6 Å². The van der Waals surface area contributed by atoms with Crippen molar-refractivity contribution in [1.29, 1.82) is 0 Å². The normalized spacial score (nSPS) is 11.4. The van der Waals surface area contributed by atoms with Gasteiger partial charge in [0.1, 0.15) is 5.82 Å². The molecule has 0 radical (unpaired) electrons. The highest BCUT2D eigenvalue weighted by Gasteiger charge is 2.16. The lowest BCUT2D eigenvalue weighted by Crippen LogP contribution is -2.11. The van der Waals surface area contributed by atoms with Crippen LogP contribution in [-0.4, -0.2) is 44.0 Å². The van der Waals surface area contributed by atoms with E-state index in [1.54, 1.807) is 0 Å². The molecule has 3 N–H and O–H groups in total. The van der Waals surface area contributed by atoms with Crippen molar-refractivity contribution in [1.82, 2.24) is 19.6 Å². The van der Waals surface area contributed by atoms with Crippen molar-refractivity contribution in [2.45, 2.75) is 65.9 Å². The van der Waals surface area contributed by atoms with Gasteiger partial charge in [-0.1, -0.05) is 18.6 Å². The number of unbranched alkanes of at least 4 members (excludes halogenated alkanes) is 2. The number of nitrogen functional groups attached to an aromatic ring is 1. The number of rotatable bonds is 11. The summed E-state index contributed by atoms with van der Waals surface area (Å²) in [4.78, 5) is 29.6. The number of aryl methyl sites for hydroxylation is 2. The number of ketones is 1. The molecule has 0 fully saturated rings. The number of carbonyl (C=O) groups is 2. The Hall–Kier alpha value is -4.01. The summed E-state index contributed by atoms with van der Waals surface area (Å²) in [6, 6.07) is 11.3. The van der Waals surface area contributed by atoms with Gasteiger partial charge >= 0.3 is 5.97 Å². The number of aromatic nitrogens is 4. The van der Waals surface area contributed by atoms with E-state index >= 15 is 0 Å². The first-order chi connectivity index (χ1) is 17.7. The average molecular weight is 503 g/mol. The minimum atomic E-state index is -0.157. The second kappa shape index (κ2) is 11.4. The fraction of sp³-hybridized carbons (Fsp3) is 0.393. The van der Waals surface area contributed by atoms with Crippen LogP contribution < -0.4 is 11.1 Å². The highest BCUT2D eigenvalue weighted by Crippen LogP contribution is 2.24. The Morgan fingerprint density at radius 3 is 2.62 bits per heavy atom. The van der Waals surface area contributed by atoms with Gasteiger partial charge in [-0.3, -0.25) is 14.0 Å². The summed E-state index contributed by atoms with van der Waals surface area (Å²) in [7, 11) is 0. The van der Waals surface area contributed by atoms with Crippen LogP contribution in [-0.2, 0) is 16.0 Å². The van der Waals surface area contributed by atoms with Crippen molar-refractivity contribution >= 4 is 39.9 Å². The summed E-state index contributed by atoms with van der Waals surface area (Å²) >= 11 is 0. The van der Waals surface area contributed by atoms with Crippen molar-refractivity contribution in [2.24, 2.45) is 0 Å². The molecule has 0 aliphatic heterocycles. The average Bonchev–Trinajstić information content (AvgIpc) is 3.24. The Morgan fingerprint density at radius 1 is 1.05 bits per heavy atom. The monoisotopic (exact) mass is 502 g/mol. The first-order valence-corrected chi connectivity index (χ1v) is 12.7. The van der Waals surface area contributed by atoms with Gasteiger partial charge in [-0.05, 0) is 75.9 Å². The molecule has 4 rings (SSSR count). The van der Waals surface area contributed by atoms with Gasteiger partial charge in [0.25, 0.3) is 0 Å². The van der Waals surface area contributed by atoms with Gasteiger partial charge in [-0.25, -0.2) is 4.98 Å². The number of nitrogens with zero attached hydrogens (tertiary/aromatic N) is 4. The molecule has 0 atom stereocenters. The maximum Gasteiger partial charge on any atom is 0.306 e. The summed E-state index contributed by atoms with van der Waals surface area (Å²) in [6.45, 7) is 8.23. The number of anilines is 2.